The third-order valence-electron chi connectivity index (χ3n) is 2.88. The van der Waals surface area contributed by atoms with E-state index in [9.17, 15) is 15.2 Å². The van der Waals surface area contributed by atoms with Gasteiger partial charge in [0.1, 0.15) is 0 Å². The van der Waals surface area contributed by atoms with E-state index in [4.69, 9.17) is 20.1 Å². The lowest BCUT2D eigenvalue weighted by Crippen LogP contribution is -2.35. The summed E-state index contributed by atoms with van der Waals surface area (Å²) < 4.78 is 0. The van der Waals surface area contributed by atoms with Crippen molar-refractivity contribution in [3.63, 3.8) is 0 Å². The molecular formula is C13H20N2O7. The van der Waals surface area contributed by atoms with Crippen molar-refractivity contribution in [3.8, 4) is 0 Å². The Bertz CT molecular complexity index is 433. The highest BCUT2D eigenvalue weighted by atomic mass is 16.6. The molecule has 0 saturated carbocycles. The highest BCUT2D eigenvalue weighted by molar-refractivity contribution is 5.34. The van der Waals surface area contributed by atoms with Crippen LogP contribution >= 0.6 is 0 Å². The first-order valence-corrected chi connectivity index (χ1v) is 6.44. The van der Waals surface area contributed by atoms with Crippen LogP contribution in [0.1, 0.15) is 11.6 Å². The number of rotatable bonds is 8. The lowest BCUT2D eigenvalue weighted by Gasteiger charge is -2.29. The molecule has 1 rings (SSSR count). The zero-order chi connectivity index (χ0) is 17.0. The predicted molar refractivity (Wildman–Crippen MR) is 77.4 cm³/mol. The summed E-state index contributed by atoms with van der Waals surface area (Å²) in [6, 6.07) is 5.48. The highest BCUT2D eigenvalue weighted by Crippen LogP contribution is 2.22. The molecule has 0 fully saturated rings. The molecule has 0 heterocycles. The van der Waals surface area contributed by atoms with Crippen LogP contribution in [0.4, 0.5) is 5.69 Å². The number of carboxylic acid groups (broad SMARTS) is 1. The summed E-state index contributed by atoms with van der Waals surface area (Å²) in [5.74, 6) is 0. The van der Waals surface area contributed by atoms with E-state index < -0.39 is 11.0 Å². The number of nitro groups is 1. The van der Waals surface area contributed by atoms with E-state index in [0.29, 0.717) is 18.7 Å². The van der Waals surface area contributed by atoms with Crippen molar-refractivity contribution in [1.29, 1.82) is 0 Å². The van der Waals surface area contributed by atoms with Gasteiger partial charge in [-0.3, -0.25) is 19.8 Å². The summed E-state index contributed by atoms with van der Waals surface area (Å²) in [6.45, 7) is -0.0175. The van der Waals surface area contributed by atoms with Gasteiger partial charge in [0, 0.05) is 25.2 Å². The monoisotopic (exact) mass is 316 g/mol. The summed E-state index contributed by atoms with van der Waals surface area (Å²) in [6.07, 6.45) is 0. The molecule has 0 spiro atoms. The largest absolute Gasteiger partial charge is 0.483 e. The van der Waals surface area contributed by atoms with Crippen LogP contribution in [0, 0.1) is 10.1 Å². The Labute approximate surface area is 127 Å². The Morgan fingerprint density at radius 2 is 1.59 bits per heavy atom. The second-order valence-corrected chi connectivity index (χ2v) is 4.14. The Kier molecular flexibility index (Phi) is 10.5. The van der Waals surface area contributed by atoms with Crippen molar-refractivity contribution < 1.29 is 30.1 Å². The van der Waals surface area contributed by atoms with Crippen LogP contribution in [-0.2, 0) is 4.79 Å². The zero-order valence-corrected chi connectivity index (χ0v) is 11.9. The molecule has 0 aliphatic heterocycles. The fraction of sp³-hybridized carbons (Fsp3) is 0.462. The summed E-state index contributed by atoms with van der Waals surface area (Å²) >= 11 is 0. The van der Waals surface area contributed by atoms with Crippen molar-refractivity contribution in [2.24, 2.45) is 0 Å². The van der Waals surface area contributed by atoms with Gasteiger partial charge >= 0.3 is 0 Å². The lowest BCUT2D eigenvalue weighted by molar-refractivity contribution is -0.384. The van der Waals surface area contributed by atoms with Gasteiger partial charge in [-0.05, 0) is 5.56 Å². The molecular weight excluding hydrogens is 296 g/mol. The minimum absolute atomic E-state index is 0.0173. The quantitative estimate of drug-likeness (QED) is 0.288. The topological polar surface area (TPSA) is 144 Å². The molecule has 9 heteroatoms. The molecule has 22 heavy (non-hydrogen) atoms. The van der Waals surface area contributed by atoms with Crippen LogP contribution in [0.2, 0.25) is 0 Å². The fourth-order valence-corrected chi connectivity index (χ4v) is 1.93. The third-order valence-corrected chi connectivity index (χ3v) is 2.88. The van der Waals surface area contributed by atoms with E-state index in [1.807, 2.05) is 0 Å². The first-order chi connectivity index (χ1) is 10.5. The van der Waals surface area contributed by atoms with Crippen molar-refractivity contribution in [2.75, 3.05) is 32.9 Å². The molecule has 0 aliphatic rings. The number of nitrogens with zero attached hydrogens (tertiary/aromatic N) is 2. The van der Waals surface area contributed by atoms with Crippen LogP contribution in [0.15, 0.2) is 24.3 Å². The number of hydrogen-bond donors (Lipinski definition) is 4. The molecule has 9 nitrogen and oxygen atoms in total. The van der Waals surface area contributed by atoms with Gasteiger partial charge in [0.2, 0.25) is 0 Å². The number of aliphatic hydroxyl groups is 3. The molecule has 0 aromatic heterocycles. The van der Waals surface area contributed by atoms with Crippen molar-refractivity contribution >= 4 is 12.2 Å². The molecule has 0 aliphatic carbocycles. The summed E-state index contributed by atoms with van der Waals surface area (Å²) in [5.41, 5.74) is 0.686. The Balaban J connectivity index is 0.00000135. The van der Waals surface area contributed by atoms with Gasteiger partial charge in [0.15, 0.2) is 0 Å². The summed E-state index contributed by atoms with van der Waals surface area (Å²) in [7, 11) is 0. The minimum atomic E-state index is -0.489. The normalized spacial score (nSPS) is 11.5. The van der Waals surface area contributed by atoms with Crippen LogP contribution in [0.25, 0.3) is 0 Å². The predicted octanol–water partition coefficient (Wildman–Crippen LogP) is -0.384. The third kappa shape index (κ3) is 6.59. The Morgan fingerprint density at radius 1 is 1.14 bits per heavy atom. The Hall–Kier alpha value is -2.07. The van der Waals surface area contributed by atoms with Crippen LogP contribution < -0.4 is 0 Å². The van der Waals surface area contributed by atoms with E-state index in [2.05, 4.69) is 0 Å². The van der Waals surface area contributed by atoms with E-state index in [1.165, 1.54) is 12.1 Å². The number of aliphatic hydroxyl groups excluding tert-OH is 3. The van der Waals surface area contributed by atoms with Crippen molar-refractivity contribution in [2.45, 2.75) is 6.04 Å². The van der Waals surface area contributed by atoms with Gasteiger partial charge in [0.05, 0.1) is 30.8 Å². The number of hydrogen-bond acceptors (Lipinski definition) is 7. The molecule has 1 aromatic carbocycles. The van der Waals surface area contributed by atoms with Gasteiger partial charge in [-0.2, -0.15) is 0 Å². The fourth-order valence-electron chi connectivity index (χ4n) is 1.93. The second kappa shape index (κ2) is 11.6. The Morgan fingerprint density at radius 3 is 1.91 bits per heavy atom. The molecule has 1 unspecified atom stereocenters. The van der Waals surface area contributed by atoms with E-state index in [1.54, 1.807) is 17.0 Å². The minimum Gasteiger partial charge on any atom is -0.483 e. The molecule has 0 radical (unpaired) electrons. The van der Waals surface area contributed by atoms with Gasteiger partial charge < -0.3 is 20.4 Å². The highest BCUT2D eigenvalue weighted by Gasteiger charge is 2.19. The second-order valence-electron chi connectivity index (χ2n) is 4.14. The standard InChI is InChI=1S/C12H18N2O5.CH2O2/c15-7-5-13(6-8-16)12(9-17)10-1-3-11(4-2-10)14(18)19;2-1-3/h1-4,12,15-17H,5-9H2;1H,(H,2,3). The molecule has 0 saturated heterocycles. The van der Waals surface area contributed by atoms with Crippen LogP contribution in [0.3, 0.4) is 0 Å². The molecule has 4 N–H and O–H groups in total. The number of non-ortho nitro benzene ring substituents is 1. The number of carbonyl (C=O) groups is 1. The maximum Gasteiger partial charge on any atom is 0.290 e. The van der Waals surface area contributed by atoms with Crippen LogP contribution in [0.5, 0.6) is 0 Å². The van der Waals surface area contributed by atoms with Gasteiger partial charge in [0.25, 0.3) is 12.2 Å². The molecule has 0 bridgehead atoms. The molecule has 1 atom stereocenters. The maximum atomic E-state index is 10.6. The summed E-state index contributed by atoms with van der Waals surface area (Å²) in [5, 5.41) is 44.9. The SMILES string of the molecule is O=CO.O=[N+]([O-])c1ccc(C(CO)N(CCO)CCO)cc1. The average molecular weight is 316 g/mol. The van der Waals surface area contributed by atoms with E-state index in [0.717, 1.165) is 0 Å². The van der Waals surface area contributed by atoms with Crippen molar-refractivity contribution in [1.82, 2.24) is 4.90 Å². The summed E-state index contributed by atoms with van der Waals surface area (Å²) in [4.78, 5) is 20.2. The first-order valence-electron chi connectivity index (χ1n) is 6.44. The zero-order valence-electron chi connectivity index (χ0n) is 11.9. The first kappa shape index (κ1) is 19.9. The van der Waals surface area contributed by atoms with Crippen LogP contribution in [-0.4, -0.2) is 69.6 Å². The maximum absolute atomic E-state index is 10.6. The number of nitro benzene ring substituents is 1. The molecule has 0 amide bonds. The number of benzene rings is 1. The van der Waals surface area contributed by atoms with Gasteiger partial charge in [-0.25, -0.2) is 0 Å². The van der Waals surface area contributed by atoms with Gasteiger partial charge in [-0.15, -0.1) is 0 Å². The van der Waals surface area contributed by atoms with Gasteiger partial charge in [-0.1, -0.05) is 12.1 Å². The lowest BCUT2D eigenvalue weighted by atomic mass is 10.1. The smallest absolute Gasteiger partial charge is 0.290 e. The van der Waals surface area contributed by atoms with E-state index in [-0.39, 0.29) is 32.0 Å². The molecule has 1 aromatic rings. The van der Waals surface area contributed by atoms with E-state index >= 15 is 0 Å². The molecule has 124 valence electrons. The van der Waals surface area contributed by atoms with Crippen molar-refractivity contribution in [3.05, 3.63) is 39.9 Å². The average Bonchev–Trinajstić information content (AvgIpc) is 2.50.